The number of rotatable bonds is 12. The van der Waals surface area contributed by atoms with Crippen molar-refractivity contribution in [1.82, 2.24) is 10.2 Å². The van der Waals surface area contributed by atoms with Gasteiger partial charge in [0.1, 0.15) is 24.1 Å². The molecule has 42 heavy (non-hydrogen) atoms. The van der Waals surface area contributed by atoms with E-state index in [1.807, 2.05) is 46.8 Å². The Kier molecular flexibility index (Phi) is 10.6. The molecule has 0 radical (unpaired) electrons. The van der Waals surface area contributed by atoms with Crippen LogP contribution in [0.25, 0.3) is 0 Å². The highest BCUT2D eigenvalue weighted by atomic mass is 32.2. The van der Waals surface area contributed by atoms with Gasteiger partial charge in [-0.05, 0) is 76.1 Å². The predicted molar refractivity (Wildman–Crippen MR) is 164 cm³/mol. The number of hydrogen-bond donors (Lipinski definition) is 1. The Labute approximate surface area is 249 Å². The largest absolute Gasteiger partial charge is 0.497 e. The fourth-order valence-electron chi connectivity index (χ4n) is 4.49. The lowest BCUT2D eigenvalue weighted by Gasteiger charge is -2.35. The molecule has 3 aromatic carbocycles. The van der Waals surface area contributed by atoms with Crippen LogP contribution in [0.1, 0.15) is 45.2 Å². The van der Waals surface area contributed by atoms with Crippen molar-refractivity contribution < 1.29 is 27.5 Å². The fourth-order valence-corrected chi connectivity index (χ4v) is 5.91. The number of nitrogens with one attached hydrogen (secondary N) is 1. The Morgan fingerprint density at radius 1 is 0.905 bits per heavy atom. The number of amides is 2. The molecule has 2 amide bonds. The summed E-state index contributed by atoms with van der Waals surface area (Å²) in [6.07, 6.45) is 0.323. The Morgan fingerprint density at radius 2 is 1.52 bits per heavy atom. The van der Waals surface area contributed by atoms with E-state index in [1.54, 1.807) is 55.6 Å². The molecule has 0 bridgehead atoms. The number of para-hydroxylation sites is 2. The second kappa shape index (κ2) is 13.7. The summed E-state index contributed by atoms with van der Waals surface area (Å²) in [5, 5.41) is 2.97. The zero-order valence-electron chi connectivity index (χ0n) is 25.4. The highest BCUT2D eigenvalue weighted by Crippen LogP contribution is 2.32. The zero-order chi connectivity index (χ0) is 31.1. The van der Waals surface area contributed by atoms with Gasteiger partial charge in [0, 0.05) is 12.1 Å². The van der Waals surface area contributed by atoms with Crippen molar-refractivity contribution in [1.29, 1.82) is 0 Å². The van der Waals surface area contributed by atoms with Crippen LogP contribution in [0.2, 0.25) is 0 Å². The summed E-state index contributed by atoms with van der Waals surface area (Å²) in [4.78, 5) is 29.2. The summed E-state index contributed by atoms with van der Waals surface area (Å²) in [5.41, 5.74) is 1.34. The molecule has 0 fully saturated rings. The molecular formula is C32H41N3O6S. The first-order valence-corrected chi connectivity index (χ1v) is 15.2. The predicted octanol–water partition coefficient (Wildman–Crippen LogP) is 4.93. The van der Waals surface area contributed by atoms with E-state index in [4.69, 9.17) is 9.47 Å². The standard InChI is InChI=1S/C32H41N3O6S/c1-8-27(31(37)33-32(3,4)5)34(21-24-15-17-25(40-6)18-16-24)30(36)22-35(28-11-9-10-12-29(28)41-7)42(38,39)26-19-13-23(2)14-20-26/h9-20,27H,8,21-22H2,1-7H3,(H,33,37). The van der Waals surface area contributed by atoms with Gasteiger partial charge in [-0.1, -0.05) is 48.9 Å². The van der Waals surface area contributed by atoms with E-state index in [9.17, 15) is 18.0 Å². The molecule has 0 aliphatic heterocycles. The number of aryl methyl sites for hydroxylation is 1. The lowest BCUT2D eigenvalue weighted by atomic mass is 10.1. The minimum Gasteiger partial charge on any atom is -0.497 e. The van der Waals surface area contributed by atoms with Gasteiger partial charge in [0.25, 0.3) is 10.0 Å². The van der Waals surface area contributed by atoms with E-state index in [1.165, 1.54) is 24.1 Å². The van der Waals surface area contributed by atoms with Gasteiger partial charge in [0.05, 0.1) is 24.8 Å². The van der Waals surface area contributed by atoms with E-state index < -0.39 is 34.1 Å². The summed E-state index contributed by atoms with van der Waals surface area (Å²) in [6, 6.07) is 19.4. The summed E-state index contributed by atoms with van der Waals surface area (Å²) in [6.45, 7) is 8.82. The number of anilines is 1. The molecule has 3 rings (SSSR count). The van der Waals surface area contributed by atoms with Crippen molar-refractivity contribution >= 4 is 27.5 Å². The molecular weight excluding hydrogens is 554 g/mol. The average Bonchev–Trinajstić information content (AvgIpc) is 2.95. The Bertz CT molecular complexity index is 1470. The number of carbonyl (C=O) groups excluding carboxylic acids is 2. The van der Waals surface area contributed by atoms with Gasteiger partial charge in [-0.25, -0.2) is 8.42 Å². The Hall–Kier alpha value is -4.05. The summed E-state index contributed by atoms with van der Waals surface area (Å²) >= 11 is 0. The van der Waals surface area contributed by atoms with Crippen LogP contribution >= 0.6 is 0 Å². The molecule has 0 saturated carbocycles. The molecule has 0 aliphatic carbocycles. The maximum atomic E-state index is 14.2. The Morgan fingerprint density at radius 3 is 2.07 bits per heavy atom. The van der Waals surface area contributed by atoms with Crippen LogP contribution in [0.4, 0.5) is 5.69 Å². The number of carbonyl (C=O) groups is 2. The Balaban J connectivity index is 2.10. The van der Waals surface area contributed by atoms with Gasteiger partial charge in [0.2, 0.25) is 11.8 Å². The van der Waals surface area contributed by atoms with E-state index in [-0.39, 0.29) is 23.0 Å². The molecule has 9 nitrogen and oxygen atoms in total. The van der Waals surface area contributed by atoms with Gasteiger partial charge in [0.15, 0.2) is 0 Å². The molecule has 1 N–H and O–H groups in total. The fraction of sp³-hybridized carbons (Fsp3) is 0.375. The minimum atomic E-state index is -4.21. The first-order chi connectivity index (χ1) is 19.8. The van der Waals surface area contributed by atoms with Crippen LogP contribution in [0.15, 0.2) is 77.7 Å². The van der Waals surface area contributed by atoms with E-state index in [0.717, 1.165) is 15.4 Å². The maximum Gasteiger partial charge on any atom is 0.264 e. The van der Waals surface area contributed by atoms with Crippen LogP contribution < -0.4 is 19.1 Å². The molecule has 0 aromatic heterocycles. The molecule has 0 spiro atoms. The highest BCUT2D eigenvalue weighted by Gasteiger charge is 2.35. The molecule has 0 aliphatic rings. The molecule has 10 heteroatoms. The van der Waals surface area contributed by atoms with E-state index in [2.05, 4.69) is 5.32 Å². The van der Waals surface area contributed by atoms with Crippen molar-refractivity contribution in [3.63, 3.8) is 0 Å². The number of nitrogens with zero attached hydrogens (tertiary/aromatic N) is 2. The smallest absolute Gasteiger partial charge is 0.264 e. The summed E-state index contributed by atoms with van der Waals surface area (Å²) in [5.74, 6) is 0.0845. The third-order valence-corrected chi connectivity index (χ3v) is 8.41. The lowest BCUT2D eigenvalue weighted by molar-refractivity contribution is -0.141. The SMILES string of the molecule is CCC(C(=O)NC(C)(C)C)N(Cc1ccc(OC)cc1)C(=O)CN(c1ccccc1OC)S(=O)(=O)c1ccc(C)cc1. The normalized spacial score (nSPS) is 12.3. The van der Waals surface area contributed by atoms with Crippen LogP contribution in [0, 0.1) is 6.92 Å². The summed E-state index contributed by atoms with van der Waals surface area (Å²) < 4.78 is 39.9. The average molecular weight is 596 g/mol. The second-order valence-corrected chi connectivity index (χ2v) is 12.9. The maximum absolute atomic E-state index is 14.2. The molecule has 226 valence electrons. The number of hydrogen-bond acceptors (Lipinski definition) is 6. The van der Waals surface area contributed by atoms with E-state index >= 15 is 0 Å². The third kappa shape index (κ3) is 8.03. The van der Waals surface area contributed by atoms with Crippen molar-refractivity contribution in [3.05, 3.63) is 83.9 Å². The molecule has 0 saturated heterocycles. The van der Waals surface area contributed by atoms with Gasteiger partial charge in [-0.2, -0.15) is 0 Å². The number of benzene rings is 3. The third-order valence-electron chi connectivity index (χ3n) is 6.64. The van der Waals surface area contributed by atoms with Crippen molar-refractivity contribution in [2.45, 2.75) is 64.1 Å². The highest BCUT2D eigenvalue weighted by molar-refractivity contribution is 7.92. The van der Waals surface area contributed by atoms with Crippen LogP contribution in [0.5, 0.6) is 11.5 Å². The topological polar surface area (TPSA) is 105 Å². The summed E-state index contributed by atoms with van der Waals surface area (Å²) in [7, 11) is -1.20. The zero-order valence-corrected chi connectivity index (χ0v) is 26.2. The van der Waals surface area contributed by atoms with Gasteiger partial charge < -0.3 is 19.7 Å². The first-order valence-electron chi connectivity index (χ1n) is 13.8. The van der Waals surface area contributed by atoms with Gasteiger partial charge in [-0.3, -0.25) is 13.9 Å². The monoisotopic (exact) mass is 595 g/mol. The molecule has 1 atom stereocenters. The lowest BCUT2D eigenvalue weighted by Crippen LogP contribution is -2.55. The number of sulfonamides is 1. The van der Waals surface area contributed by atoms with Gasteiger partial charge in [-0.15, -0.1) is 0 Å². The van der Waals surface area contributed by atoms with Crippen molar-refractivity contribution in [2.24, 2.45) is 0 Å². The molecule has 1 unspecified atom stereocenters. The minimum absolute atomic E-state index is 0.0334. The van der Waals surface area contributed by atoms with Crippen LogP contribution in [0.3, 0.4) is 0 Å². The van der Waals surface area contributed by atoms with E-state index in [0.29, 0.717) is 17.9 Å². The second-order valence-electron chi connectivity index (χ2n) is 11.0. The van der Waals surface area contributed by atoms with Crippen LogP contribution in [-0.2, 0) is 26.2 Å². The number of methoxy groups -OCH3 is 2. The van der Waals surface area contributed by atoms with Crippen molar-refractivity contribution in [2.75, 3.05) is 25.1 Å². The molecule has 0 heterocycles. The van der Waals surface area contributed by atoms with Crippen molar-refractivity contribution in [3.8, 4) is 11.5 Å². The quantitative estimate of drug-likeness (QED) is 0.318. The number of ether oxygens (including phenoxy) is 2. The van der Waals surface area contributed by atoms with Gasteiger partial charge >= 0.3 is 0 Å². The molecule has 3 aromatic rings. The van der Waals surface area contributed by atoms with Crippen LogP contribution in [-0.4, -0.2) is 57.5 Å². The first kappa shape index (κ1) is 32.5.